The van der Waals surface area contributed by atoms with Gasteiger partial charge in [-0.25, -0.2) is 0 Å². The van der Waals surface area contributed by atoms with Crippen molar-refractivity contribution >= 4 is 29.2 Å². The maximum absolute atomic E-state index is 12.2. The highest BCUT2D eigenvalue weighted by Crippen LogP contribution is 2.48. The third-order valence-corrected chi connectivity index (χ3v) is 6.03. The van der Waals surface area contributed by atoms with E-state index < -0.39 is 0 Å². The molecule has 6 heteroatoms. The number of anilines is 2. The van der Waals surface area contributed by atoms with E-state index in [-0.39, 0.29) is 30.3 Å². The van der Waals surface area contributed by atoms with Crippen molar-refractivity contribution in [3.8, 4) is 0 Å². The molecule has 2 fully saturated rings. The number of nitrogens with zero attached hydrogens (tertiary/aromatic N) is 1. The molecule has 0 aromatic heterocycles. The van der Waals surface area contributed by atoms with Crippen molar-refractivity contribution in [1.29, 1.82) is 0 Å². The molecule has 4 rings (SSSR count). The molecule has 6 nitrogen and oxygen atoms in total. The number of carbonyl (C=O) groups excluding carboxylic acids is 3. The molecule has 2 amide bonds. The highest BCUT2D eigenvalue weighted by atomic mass is 16.5. The first kappa shape index (κ1) is 17.1. The number of fused-ring (bicyclic) bond motifs is 3. The smallest absolute Gasteiger partial charge is 0.309 e. The summed E-state index contributed by atoms with van der Waals surface area (Å²) in [5, 5.41) is 2.78. The Bertz CT molecular complexity index is 760. The molecule has 1 aromatic rings. The van der Waals surface area contributed by atoms with Crippen LogP contribution in [-0.2, 0) is 25.5 Å². The molecule has 2 saturated carbocycles. The number of hydrogen-bond acceptors (Lipinski definition) is 4. The molecule has 3 aliphatic rings. The summed E-state index contributed by atoms with van der Waals surface area (Å²) in [6.45, 7) is 1.97. The number of hydrogen-bond donors (Lipinski definition) is 1. The molecule has 0 radical (unpaired) electrons. The third-order valence-electron chi connectivity index (χ3n) is 6.03. The number of rotatable bonds is 4. The molecular formula is C20H24N2O4. The standard InChI is InChI=1S/C20H24N2O4/c1-12(23)22-7-6-15-10-16(4-5-18(15)22)21-19(24)11-26-20(25)17-9-13-2-3-14(17)8-13/h4-5,10,13-14,17H,2-3,6-9,11H2,1H3,(H,21,24)/t13-,14-,17+/m0/s1. The number of esters is 1. The highest BCUT2D eigenvalue weighted by molar-refractivity contribution is 5.96. The van der Waals surface area contributed by atoms with Gasteiger partial charge in [-0.1, -0.05) is 6.42 Å². The first-order chi connectivity index (χ1) is 12.5. The van der Waals surface area contributed by atoms with Gasteiger partial charge in [0.05, 0.1) is 5.92 Å². The summed E-state index contributed by atoms with van der Waals surface area (Å²) >= 11 is 0. The average Bonchev–Trinajstić information content (AvgIpc) is 3.34. The van der Waals surface area contributed by atoms with Gasteiger partial charge in [0, 0.05) is 24.8 Å². The van der Waals surface area contributed by atoms with E-state index in [1.54, 1.807) is 17.9 Å². The number of carbonyl (C=O) groups is 3. The summed E-state index contributed by atoms with van der Waals surface area (Å²) in [6, 6.07) is 5.50. The predicted molar refractivity (Wildman–Crippen MR) is 96.7 cm³/mol. The van der Waals surface area contributed by atoms with E-state index in [0.717, 1.165) is 36.9 Å². The highest BCUT2D eigenvalue weighted by Gasteiger charge is 2.44. The second kappa shape index (κ2) is 6.74. The lowest BCUT2D eigenvalue weighted by atomic mass is 9.89. The lowest BCUT2D eigenvalue weighted by molar-refractivity contribution is -0.153. The van der Waals surface area contributed by atoms with E-state index >= 15 is 0 Å². The fourth-order valence-electron chi connectivity index (χ4n) is 4.78. The molecule has 138 valence electrons. The summed E-state index contributed by atoms with van der Waals surface area (Å²) < 4.78 is 5.25. The molecule has 0 spiro atoms. The van der Waals surface area contributed by atoms with Crippen molar-refractivity contribution < 1.29 is 19.1 Å². The molecule has 0 unspecified atom stereocenters. The van der Waals surface area contributed by atoms with Crippen LogP contribution in [0, 0.1) is 17.8 Å². The molecular weight excluding hydrogens is 332 g/mol. The molecule has 1 aromatic carbocycles. The maximum Gasteiger partial charge on any atom is 0.309 e. The maximum atomic E-state index is 12.2. The summed E-state index contributed by atoms with van der Waals surface area (Å²) in [5.74, 6) is 0.581. The van der Waals surface area contributed by atoms with Crippen LogP contribution in [-0.4, -0.2) is 30.9 Å². The topological polar surface area (TPSA) is 75.7 Å². The van der Waals surface area contributed by atoms with Crippen molar-refractivity contribution in [2.24, 2.45) is 17.8 Å². The summed E-state index contributed by atoms with van der Waals surface area (Å²) in [7, 11) is 0. The van der Waals surface area contributed by atoms with Crippen LogP contribution in [0.15, 0.2) is 18.2 Å². The minimum Gasteiger partial charge on any atom is -0.455 e. The molecule has 1 aliphatic heterocycles. The average molecular weight is 356 g/mol. The van der Waals surface area contributed by atoms with Crippen molar-refractivity contribution in [1.82, 2.24) is 0 Å². The fourth-order valence-corrected chi connectivity index (χ4v) is 4.78. The Morgan fingerprint density at radius 2 is 2.08 bits per heavy atom. The third kappa shape index (κ3) is 3.20. The van der Waals surface area contributed by atoms with Crippen LogP contribution in [0.1, 0.15) is 38.2 Å². The van der Waals surface area contributed by atoms with Crippen molar-refractivity contribution in [3.05, 3.63) is 23.8 Å². The van der Waals surface area contributed by atoms with Crippen molar-refractivity contribution in [2.45, 2.75) is 39.0 Å². The van der Waals surface area contributed by atoms with Gasteiger partial charge in [-0.3, -0.25) is 14.4 Å². The lowest BCUT2D eigenvalue weighted by Gasteiger charge is -2.19. The zero-order valence-corrected chi connectivity index (χ0v) is 15.0. The summed E-state index contributed by atoms with van der Waals surface area (Å²) in [4.78, 5) is 37.6. The summed E-state index contributed by atoms with van der Waals surface area (Å²) in [6.07, 6.45) is 5.18. The Morgan fingerprint density at radius 3 is 2.77 bits per heavy atom. The Morgan fingerprint density at radius 1 is 1.23 bits per heavy atom. The number of benzene rings is 1. The molecule has 2 bridgehead atoms. The molecule has 26 heavy (non-hydrogen) atoms. The Hall–Kier alpha value is -2.37. The second-order valence-electron chi connectivity index (χ2n) is 7.70. The number of ether oxygens (including phenoxy) is 1. The van der Waals surface area contributed by atoms with Gasteiger partial charge in [-0.15, -0.1) is 0 Å². The molecule has 2 aliphatic carbocycles. The Kier molecular flexibility index (Phi) is 4.42. The van der Waals surface area contributed by atoms with E-state index in [1.165, 1.54) is 6.42 Å². The number of amides is 2. The van der Waals surface area contributed by atoms with Crippen LogP contribution < -0.4 is 10.2 Å². The van der Waals surface area contributed by atoms with Crippen LogP contribution in [0.5, 0.6) is 0 Å². The van der Waals surface area contributed by atoms with Crippen LogP contribution in [0.4, 0.5) is 11.4 Å². The van der Waals surface area contributed by atoms with Gasteiger partial charge in [0.1, 0.15) is 0 Å². The fraction of sp³-hybridized carbons (Fsp3) is 0.550. The Balaban J connectivity index is 1.30. The monoisotopic (exact) mass is 356 g/mol. The largest absolute Gasteiger partial charge is 0.455 e. The van der Waals surface area contributed by atoms with Gasteiger partial charge in [-0.05, 0) is 61.3 Å². The van der Waals surface area contributed by atoms with Gasteiger partial charge in [0.2, 0.25) is 5.91 Å². The van der Waals surface area contributed by atoms with Crippen LogP contribution >= 0.6 is 0 Å². The van der Waals surface area contributed by atoms with Gasteiger partial charge in [0.15, 0.2) is 6.61 Å². The van der Waals surface area contributed by atoms with Gasteiger partial charge < -0.3 is 15.0 Å². The van der Waals surface area contributed by atoms with Gasteiger partial charge >= 0.3 is 5.97 Å². The first-order valence-electron chi connectivity index (χ1n) is 9.39. The van der Waals surface area contributed by atoms with E-state index in [0.29, 0.717) is 24.1 Å². The quantitative estimate of drug-likeness (QED) is 0.841. The minimum absolute atomic E-state index is 0.0147. The van der Waals surface area contributed by atoms with Crippen LogP contribution in [0.25, 0.3) is 0 Å². The minimum atomic E-state index is -0.331. The number of nitrogens with one attached hydrogen (secondary N) is 1. The normalized spacial score (nSPS) is 25.9. The van der Waals surface area contributed by atoms with Crippen LogP contribution in [0.3, 0.4) is 0 Å². The molecule has 3 atom stereocenters. The molecule has 1 heterocycles. The van der Waals surface area contributed by atoms with E-state index in [1.807, 2.05) is 12.1 Å². The second-order valence-corrected chi connectivity index (χ2v) is 7.70. The molecule has 1 N–H and O–H groups in total. The van der Waals surface area contributed by atoms with E-state index in [9.17, 15) is 14.4 Å². The molecule has 0 saturated heterocycles. The van der Waals surface area contributed by atoms with Crippen LogP contribution in [0.2, 0.25) is 0 Å². The first-order valence-corrected chi connectivity index (χ1v) is 9.39. The van der Waals surface area contributed by atoms with Crippen molar-refractivity contribution in [3.63, 3.8) is 0 Å². The zero-order chi connectivity index (χ0) is 18.3. The van der Waals surface area contributed by atoms with Gasteiger partial charge in [0.25, 0.3) is 5.91 Å². The SMILES string of the molecule is CC(=O)N1CCc2cc(NC(=O)COC(=O)[C@@H]3C[C@H]4CC[C@H]3C4)ccc21. The van der Waals surface area contributed by atoms with E-state index in [2.05, 4.69) is 5.32 Å². The van der Waals surface area contributed by atoms with E-state index in [4.69, 9.17) is 4.74 Å². The zero-order valence-electron chi connectivity index (χ0n) is 15.0. The summed E-state index contributed by atoms with van der Waals surface area (Å²) in [5.41, 5.74) is 2.60. The Labute approximate surface area is 152 Å². The predicted octanol–water partition coefficient (Wildman–Crippen LogP) is 2.51. The lowest BCUT2D eigenvalue weighted by Crippen LogP contribution is -2.27. The van der Waals surface area contributed by atoms with Gasteiger partial charge in [-0.2, -0.15) is 0 Å². The van der Waals surface area contributed by atoms with Crippen molar-refractivity contribution in [2.75, 3.05) is 23.4 Å².